The molecule has 0 bridgehead atoms. The molecule has 1 N–H and O–H groups in total. The van der Waals surface area contributed by atoms with E-state index in [1.54, 1.807) is 5.38 Å². The Morgan fingerprint density at radius 2 is 1.59 bits per heavy atom. The van der Waals surface area contributed by atoms with E-state index in [9.17, 15) is 35.9 Å². The first kappa shape index (κ1) is 24.1. The quantitative estimate of drug-likeness (QED) is 0.548. The van der Waals surface area contributed by atoms with Crippen molar-refractivity contribution in [2.75, 3.05) is 4.90 Å². The molecule has 11 heteroatoms. The van der Waals surface area contributed by atoms with E-state index in [4.69, 9.17) is 0 Å². The van der Waals surface area contributed by atoms with Crippen molar-refractivity contribution in [3.63, 3.8) is 0 Å². The van der Waals surface area contributed by atoms with Gasteiger partial charge in [-0.05, 0) is 48.6 Å². The standard InChI is InChI=1S/C21H20F6N2O2S/c22-20(23,24)13-8-10-15(11-9-13)29(19(31)21(25,26)27)17(16-7-4-12-32-16)18(30)28-14-5-2-1-3-6-14/h4,7-12,14,17H,1-3,5-6H2,(H,28,30). The van der Waals surface area contributed by atoms with Gasteiger partial charge in [0, 0.05) is 16.6 Å². The molecule has 174 valence electrons. The minimum absolute atomic E-state index is 0.163. The van der Waals surface area contributed by atoms with Crippen LogP contribution in [0.25, 0.3) is 0 Å². The molecule has 1 atom stereocenters. The summed E-state index contributed by atoms with van der Waals surface area (Å²) in [4.78, 5) is 25.9. The summed E-state index contributed by atoms with van der Waals surface area (Å²) in [6.07, 6.45) is -6.01. The second kappa shape index (κ2) is 9.51. The minimum Gasteiger partial charge on any atom is -0.351 e. The molecule has 1 aromatic heterocycles. The average Bonchev–Trinajstić information content (AvgIpc) is 3.25. The lowest BCUT2D eigenvalue weighted by molar-refractivity contribution is -0.171. The van der Waals surface area contributed by atoms with Crippen molar-refractivity contribution in [3.05, 3.63) is 52.2 Å². The zero-order valence-electron chi connectivity index (χ0n) is 16.7. The molecule has 2 aromatic rings. The van der Waals surface area contributed by atoms with Gasteiger partial charge < -0.3 is 5.32 Å². The van der Waals surface area contributed by atoms with Crippen LogP contribution < -0.4 is 10.2 Å². The Labute approximate surface area is 184 Å². The van der Waals surface area contributed by atoms with Crippen LogP contribution in [0.5, 0.6) is 0 Å². The van der Waals surface area contributed by atoms with Gasteiger partial charge in [-0.2, -0.15) is 26.3 Å². The van der Waals surface area contributed by atoms with Crippen molar-refractivity contribution >= 4 is 28.8 Å². The average molecular weight is 478 g/mol. The smallest absolute Gasteiger partial charge is 0.351 e. The van der Waals surface area contributed by atoms with E-state index in [0.717, 1.165) is 42.7 Å². The zero-order chi connectivity index (χ0) is 23.5. The minimum atomic E-state index is -5.34. The molecule has 2 amide bonds. The topological polar surface area (TPSA) is 49.4 Å². The van der Waals surface area contributed by atoms with E-state index in [0.29, 0.717) is 25.0 Å². The molecule has 1 aromatic carbocycles. The molecule has 1 unspecified atom stereocenters. The van der Waals surface area contributed by atoms with Crippen molar-refractivity contribution in [2.24, 2.45) is 0 Å². The number of nitrogens with one attached hydrogen (secondary N) is 1. The molecule has 1 fully saturated rings. The van der Waals surface area contributed by atoms with Crippen LogP contribution >= 0.6 is 11.3 Å². The lowest BCUT2D eigenvalue weighted by atomic mass is 9.95. The van der Waals surface area contributed by atoms with Crippen LogP contribution in [0.15, 0.2) is 41.8 Å². The molecule has 0 radical (unpaired) electrons. The number of benzene rings is 1. The summed E-state index contributed by atoms with van der Waals surface area (Å²) >= 11 is 0.978. The van der Waals surface area contributed by atoms with Gasteiger partial charge in [0.15, 0.2) is 6.04 Å². The third kappa shape index (κ3) is 5.62. The number of anilines is 1. The maximum Gasteiger partial charge on any atom is 0.471 e. The fourth-order valence-electron chi connectivity index (χ4n) is 3.68. The summed E-state index contributed by atoms with van der Waals surface area (Å²) in [6.45, 7) is 0. The molecule has 4 nitrogen and oxygen atoms in total. The van der Waals surface area contributed by atoms with Gasteiger partial charge in [0.1, 0.15) is 0 Å². The number of carbonyl (C=O) groups is 2. The largest absolute Gasteiger partial charge is 0.471 e. The van der Waals surface area contributed by atoms with Crippen LogP contribution in [0.1, 0.15) is 48.6 Å². The van der Waals surface area contributed by atoms with Gasteiger partial charge in [-0.25, -0.2) is 0 Å². The van der Waals surface area contributed by atoms with E-state index in [1.165, 1.54) is 12.1 Å². The Hall–Kier alpha value is -2.56. The molecule has 0 spiro atoms. The predicted octanol–water partition coefficient (Wildman–Crippen LogP) is 5.85. The number of rotatable bonds is 5. The van der Waals surface area contributed by atoms with E-state index in [-0.39, 0.29) is 15.8 Å². The Morgan fingerprint density at radius 1 is 0.969 bits per heavy atom. The Morgan fingerprint density at radius 3 is 2.09 bits per heavy atom. The summed E-state index contributed by atoms with van der Waals surface area (Å²) in [5, 5.41) is 4.27. The third-order valence-corrected chi connectivity index (χ3v) is 6.13. The SMILES string of the molecule is O=C(NC1CCCCC1)C(c1cccs1)N(C(=O)C(F)(F)F)c1ccc(C(F)(F)F)cc1. The van der Waals surface area contributed by atoms with E-state index in [1.807, 2.05) is 0 Å². The normalized spacial score (nSPS) is 16.4. The second-order valence-electron chi connectivity index (χ2n) is 7.48. The first-order valence-corrected chi connectivity index (χ1v) is 10.8. The number of nitrogens with zero attached hydrogens (tertiary/aromatic N) is 1. The van der Waals surface area contributed by atoms with Gasteiger partial charge in [-0.3, -0.25) is 14.5 Å². The van der Waals surface area contributed by atoms with E-state index in [2.05, 4.69) is 5.32 Å². The van der Waals surface area contributed by atoms with Crippen LogP contribution in [0.2, 0.25) is 0 Å². The van der Waals surface area contributed by atoms with Crippen molar-refractivity contribution in [2.45, 2.75) is 56.5 Å². The van der Waals surface area contributed by atoms with Crippen molar-refractivity contribution in [1.82, 2.24) is 5.32 Å². The first-order valence-electron chi connectivity index (χ1n) is 9.90. The van der Waals surface area contributed by atoms with Crippen molar-refractivity contribution < 1.29 is 35.9 Å². The van der Waals surface area contributed by atoms with Gasteiger partial charge in [-0.1, -0.05) is 25.3 Å². The first-order chi connectivity index (χ1) is 15.0. The van der Waals surface area contributed by atoms with Gasteiger partial charge in [0.2, 0.25) is 5.91 Å². The number of amides is 2. The molecular formula is C21H20F6N2O2S. The van der Waals surface area contributed by atoms with Crippen LogP contribution in [0.3, 0.4) is 0 Å². The molecule has 0 aliphatic heterocycles. The second-order valence-corrected chi connectivity index (χ2v) is 8.46. The van der Waals surface area contributed by atoms with Crippen LogP contribution in [0.4, 0.5) is 32.0 Å². The lowest BCUT2D eigenvalue weighted by Gasteiger charge is -2.33. The van der Waals surface area contributed by atoms with E-state index < -0.39 is 41.5 Å². The summed E-state index contributed by atoms with van der Waals surface area (Å²) in [7, 11) is 0. The van der Waals surface area contributed by atoms with Gasteiger partial charge in [0.05, 0.1) is 5.56 Å². The highest BCUT2D eigenvalue weighted by Crippen LogP contribution is 2.37. The molecule has 0 saturated heterocycles. The molecule has 32 heavy (non-hydrogen) atoms. The third-order valence-electron chi connectivity index (χ3n) is 5.20. The van der Waals surface area contributed by atoms with Crippen LogP contribution in [-0.2, 0) is 15.8 Å². The number of thiophene rings is 1. The maximum atomic E-state index is 13.5. The highest BCUT2D eigenvalue weighted by molar-refractivity contribution is 7.10. The fraction of sp³-hybridized carbons (Fsp3) is 0.429. The summed E-state index contributed by atoms with van der Waals surface area (Å²) in [5.41, 5.74) is -1.54. The van der Waals surface area contributed by atoms with Crippen molar-refractivity contribution in [1.29, 1.82) is 0 Å². The summed E-state index contributed by atoms with van der Waals surface area (Å²) in [6, 6.07) is 3.70. The lowest BCUT2D eigenvalue weighted by Crippen LogP contribution is -2.50. The highest BCUT2D eigenvalue weighted by atomic mass is 32.1. The zero-order valence-corrected chi connectivity index (χ0v) is 17.5. The van der Waals surface area contributed by atoms with Gasteiger partial charge >= 0.3 is 18.3 Å². The maximum absolute atomic E-state index is 13.5. The molecule has 1 heterocycles. The molecule has 1 aliphatic carbocycles. The molecule has 3 rings (SSSR count). The number of hydrogen-bond donors (Lipinski definition) is 1. The Balaban J connectivity index is 2.03. The molecule has 1 saturated carbocycles. The molecule has 1 aliphatic rings. The van der Waals surface area contributed by atoms with E-state index >= 15 is 0 Å². The fourth-order valence-corrected chi connectivity index (χ4v) is 4.49. The Kier molecular flexibility index (Phi) is 7.16. The monoisotopic (exact) mass is 478 g/mol. The summed E-state index contributed by atoms with van der Waals surface area (Å²) < 4.78 is 79.2. The van der Waals surface area contributed by atoms with Crippen LogP contribution in [-0.4, -0.2) is 24.0 Å². The predicted molar refractivity (Wildman–Crippen MR) is 107 cm³/mol. The highest BCUT2D eigenvalue weighted by Gasteiger charge is 2.48. The number of halogens is 6. The summed E-state index contributed by atoms with van der Waals surface area (Å²) in [5.74, 6) is -3.15. The van der Waals surface area contributed by atoms with Crippen molar-refractivity contribution in [3.8, 4) is 0 Å². The van der Waals surface area contributed by atoms with Gasteiger partial charge in [-0.15, -0.1) is 11.3 Å². The van der Waals surface area contributed by atoms with Crippen LogP contribution in [0, 0.1) is 0 Å². The molecular weight excluding hydrogens is 458 g/mol. The number of alkyl halides is 6. The number of hydrogen-bond acceptors (Lipinski definition) is 3. The van der Waals surface area contributed by atoms with Gasteiger partial charge in [0.25, 0.3) is 0 Å². The Bertz CT molecular complexity index is 919. The number of carbonyl (C=O) groups excluding carboxylic acids is 2.